The fraction of sp³-hybridized carbons (Fsp3) is 0. The fourth-order valence-electron chi connectivity index (χ4n) is 2.23. The van der Waals surface area contributed by atoms with Gasteiger partial charge in [0.1, 0.15) is 0 Å². The molecule has 24 heavy (non-hydrogen) atoms. The van der Waals surface area contributed by atoms with Crippen LogP contribution < -0.4 is 5.43 Å². The lowest BCUT2D eigenvalue weighted by atomic mass is 10.1. The molecule has 1 aromatic heterocycles. The molecule has 0 atom stereocenters. The summed E-state index contributed by atoms with van der Waals surface area (Å²) in [5, 5.41) is 4.79. The third-order valence-corrected chi connectivity index (χ3v) is 4.22. The van der Waals surface area contributed by atoms with Crippen LogP contribution >= 0.6 is 23.2 Å². The first-order chi connectivity index (χ1) is 11.7. The van der Waals surface area contributed by atoms with Gasteiger partial charge in [0.15, 0.2) is 0 Å². The summed E-state index contributed by atoms with van der Waals surface area (Å²) in [7, 11) is 0. The van der Waals surface area contributed by atoms with Gasteiger partial charge in [-0.3, -0.25) is 4.79 Å². The highest BCUT2D eigenvalue weighted by molar-refractivity contribution is 6.43. The van der Waals surface area contributed by atoms with Crippen LogP contribution in [0.1, 0.15) is 15.9 Å². The van der Waals surface area contributed by atoms with Gasteiger partial charge in [-0.05, 0) is 30.3 Å². The van der Waals surface area contributed by atoms with E-state index >= 15 is 0 Å². The Balaban J connectivity index is 1.79. The summed E-state index contributed by atoms with van der Waals surface area (Å²) in [6, 6.07) is 16.3. The van der Waals surface area contributed by atoms with Gasteiger partial charge < -0.3 is 4.57 Å². The van der Waals surface area contributed by atoms with Crippen molar-refractivity contribution >= 4 is 35.3 Å². The average Bonchev–Trinajstić information content (AvgIpc) is 3.13. The molecule has 4 nitrogen and oxygen atoms in total. The van der Waals surface area contributed by atoms with E-state index in [1.165, 1.54) is 6.21 Å². The largest absolute Gasteiger partial charge is 0.323 e. The summed E-state index contributed by atoms with van der Waals surface area (Å²) in [6.07, 6.45) is 5.21. The molecule has 0 saturated carbocycles. The molecule has 0 aliphatic rings. The average molecular weight is 358 g/mol. The van der Waals surface area contributed by atoms with E-state index < -0.39 is 0 Å². The minimum Gasteiger partial charge on any atom is -0.323 e. The lowest BCUT2D eigenvalue weighted by molar-refractivity contribution is 0.0955. The number of para-hydroxylation sites is 1. The number of rotatable bonds is 4. The summed E-state index contributed by atoms with van der Waals surface area (Å²) in [6.45, 7) is 0. The molecular weight excluding hydrogens is 345 g/mol. The summed E-state index contributed by atoms with van der Waals surface area (Å²) >= 11 is 12.0. The predicted octanol–water partition coefficient (Wildman–Crippen LogP) is 4.55. The molecule has 0 bridgehead atoms. The molecule has 0 spiro atoms. The topological polar surface area (TPSA) is 46.4 Å². The molecule has 1 heterocycles. The SMILES string of the molecule is O=C(N/N=C\c1cccc(Cl)c1Cl)c1ccccc1-n1cccc1. The van der Waals surface area contributed by atoms with Gasteiger partial charge in [-0.25, -0.2) is 5.43 Å². The van der Waals surface area contributed by atoms with Crippen LogP contribution in [0.4, 0.5) is 0 Å². The summed E-state index contributed by atoms with van der Waals surface area (Å²) in [5.74, 6) is -0.311. The maximum absolute atomic E-state index is 12.4. The zero-order chi connectivity index (χ0) is 16.9. The number of hydrazone groups is 1. The second-order valence-electron chi connectivity index (χ2n) is 4.95. The van der Waals surface area contributed by atoms with Crippen molar-refractivity contribution in [1.82, 2.24) is 9.99 Å². The van der Waals surface area contributed by atoms with Crippen LogP contribution in [0.3, 0.4) is 0 Å². The Hall–Kier alpha value is -2.56. The van der Waals surface area contributed by atoms with Gasteiger partial charge in [0, 0.05) is 18.0 Å². The molecule has 0 unspecified atom stereocenters. The van der Waals surface area contributed by atoms with Gasteiger partial charge in [-0.1, -0.05) is 47.5 Å². The summed E-state index contributed by atoms with van der Waals surface area (Å²) in [4.78, 5) is 12.4. The second kappa shape index (κ2) is 7.34. The number of hydrogen-bond donors (Lipinski definition) is 1. The summed E-state index contributed by atoms with van der Waals surface area (Å²) in [5.41, 5.74) is 4.43. The number of benzene rings is 2. The van der Waals surface area contributed by atoms with E-state index in [9.17, 15) is 4.79 Å². The molecule has 0 aliphatic heterocycles. The van der Waals surface area contributed by atoms with Crippen molar-refractivity contribution in [3.8, 4) is 5.69 Å². The number of hydrogen-bond acceptors (Lipinski definition) is 2. The van der Waals surface area contributed by atoms with Gasteiger partial charge in [0.05, 0.1) is 27.5 Å². The minimum absolute atomic E-state index is 0.311. The third-order valence-electron chi connectivity index (χ3n) is 3.38. The van der Waals surface area contributed by atoms with E-state index in [4.69, 9.17) is 23.2 Å². The Bertz CT molecular complexity index is 889. The number of aromatic nitrogens is 1. The van der Waals surface area contributed by atoms with Crippen molar-refractivity contribution in [2.24, 2.45) is 5.10 Å². The van der Waals surface area contributed by atoms with E-state index in [0.29, 0.717) is 21.2 Å². The molecule has 1 N–H and O–H groups in total. The first-order valence-electron chi connectivity index (χ1n) is 7.16. The highest BCUT2D eigenvalue weighted by Crippen LogP contribution is 2.24. The predicted molar refractivity (Wildman–Crippen MR) is 97.3 cm³/mol. The lowest BCUT2D eigenvalue weighted by Gasteiger charge is -2.09. The van der Waals surface area contributed by atoms with E-state index in [1.807, 2.05) is 41.2 Å². The highest BCUT2D eigenvalue weighted by Gasteiger charge is 2.11. The number of halogens is 2. The van der Waals surface area contributed by atoms with Crippen LogP contribution in [0.5, 0.6) is 0 Å². The molecule has 3 rings (SSSR count). The molecule has 3 aromatic rings. The van der Waals surface area contributed by atoms with Crippen molar-refractivity contribution in [3.63, 3.8) is 0 Å². The number of amides is 1. The Morgan fingerprint density at radius 2 is 1.75 bits per heavy atom. The standard InChI is InChI=1S/C18H13Cl2N3O/c19-15-8-5-6-13(17(15)20)12-21-22-18(24)14-7-1-2-9-16(14)23-10-3-4-11-23/h1-12H,(H,22,24)/b21-12-. The zero-order valence-electron chi connectivity index (χ0n) is 12.5. The molecule has 6 heteroatoms. The first kappa shape index (κ1) is 16.3. The molecule has 0 radical (unpaired) electrons. The zero-order valence-corrected chi connectivity index (χ0v) is 14.0. The van der Waals surface area contributed by atoms with Crippen molar-refractivity contribution < 1.29 is 4.79 Å². The second-order valence-corrected chi connectivity index (χ2v) is 5.73. The van der Waals surface area contributed by atoms with Crippen molar-refractivity contribution in [1.29, 1.82) is 0 Å². The smallest absolute Gasteiger partial charge is 0.273 e. The van der Waals surface area contributed by atoms with E-state index in [2.05, 4.69) is 10.5 Å². The van der Waals surface area contributed by atoms with Crippen LogP contribution in [-0.2, 0) is 0 Å². The van der Waals surface area contributed by atoms with Crippen LogP contribution in [0.2, 0.25) is 10.0 Å². The van der Waals surface area contributed by atoms with Gasteiger partial charge in [-0.15, -0.1) is 0 Å². The molecule has 120 valence electrons. The maximum Gasteiger partial charge on any atom is 0.273 e. The molecule has 1 amide bonds. The molecule has 0 saturated heterocycles. The van der Waals surface area contributed by atoms with Crippen molar-refractivity contribution in [2.75, 3.05) is 0 Å². The van der Waals surface area contributed by atoms with Crippen LogP contribution in [0.15, 0.2) is 72.1 Å². The molecular formula is C18H13Cl2N3O. The van der Waals surface area contributed by atoms with E-state index in [-0.39, 0.29) is 5.91 Å². The fourth-order valence-corrected chi connectivity index (χ4v) is 2.58. The monoisotopic (exact) mass is 357 g/mol. The quantitative estimate of drug-likeness (QED) is 0.540. The minimum atomic E-state index is -0.311. The Morgan fingerprint density at radius 1 is 1.00 bits per heavy atom. The van der Waals surface area contributed by atoms with Gasteiger partial charge in [0.25, 0.3) is 5.91 Å². The Labute approximate surface area is 149 Å². The number of nitrogens with one attached hydrogen (secondary N) is 1. The lowest BCUT2D eigenvalue weighted by Crippen LogP contribution is -2.19. The normalized spacial score (nSPS) is 10.9. The first-order valence-corrected chi connectivity index (χ1v) is 7.92. The molecule has 0 aliphatic carbocycles. The van der Waals surface area contributed by atoms with Crippen molar-refractivity contribution in [2.45, 2.75) is 0 Å². The Morgan fingerprint density at radius 3 is 2.54 bits per heavy atom. The summed E-state index contributed by atoms with van der Waals surface area (Å²) < 4.78 is 1.87. The van der Waals surface area contributed by atoms with E-state index in [1.54, 1.807) is 30.3 Å². The number of nitrogens with zero attached hydrogens (tertiary/aromatic N) is 2. The molecule has 2 aromatic carbocycles. The highest BCUT2D eigenvalue weighted by atomic mass is 35.5. The number of carbonyl (C=O) groups excluding carboxylic acids is 1. The van der Waals surface area contributed by atoms with Crippen molar-refractivity contribution in [3.05, 3.63) is 88.2 Å². The van der Waals surface area contributed by atoms with Gasteiger partial charge in [0.2, 0.25) is 0 Å². The van der Waals surface area contributed by atoms with Crippen LogP contribution in [-0.4, -0.2) is 16.7 Å². The molecule has 0 fully saturated rings. The third kappa shape index (κ3) is 3.50. The van der Waals surface area contributed by atoms with E-state index in [0.717, 1.165) is 5.69 Å². The Kier molecular flexibility index (Phi) is 4.99. The van der Waals surface area contributed by atoms with Gasteiger partial charge in [-0.2, -0.15) is 5.10 Å². The maximum atomic E-state index is 12.4. The number of carbonyl (C=O) groups is 1. The van der Waals surface area contributed by atoms with Gasteiger partial charge >= 0.3 is 0 Å². The van der Waals surface area contributed by atoms with Crippen LogP contribution in [0, 0.1) is 0 Å². The van der Waals surface area contributed by atoms with Crippen LogP contribution in [0.25, 0.3) is 5.69 Å².